The predicted molar refractivity (Wildman–Crippen MR) is 142 cm³/mol. The van der Waals surface area contributed by atoms with E-state index in [0.29, 0.717) is 30.6 Å². The Morgan fingerprint density at radius 3 is 2.66 bits per heavy atom. The fourth-order valence-electron chi connectivity index (χ4n) is 3.79. The van der Waals surface area contributed by atoms with Crippen LogP contribution >= 0.6 is 15.9 Å². The Balaban J connectivity index is 1.27. The summed E-state index contributed by atoms with van der Waals surface area (Å²) in [5.74, 6) is 2.47. The molecule has 0 unspecified atom stereocenters. The topological polar surface area (TPSA) is 111 Å². The van der Waals surface area contributed by atoms with E-state index in [1.165, 1.54) is 12.8 Å². The number of anilines is 4. The molecule has 0 atom stereocenters. The summed E-state index contributed by atoms with van der Waals surface area (Å²) in [6, 6.07) is 9.77. The summed E-state index contributed by atoms with van der Waals surface area (Å²) in [5, 5.41) is 16.9. The van der Waals surface area contributed by atoms with Gasteiger partial charge in [0, 0.05) is 36.1 Å². The molecule has 35 heavy (non-hydrogen) atoms. The third-order valence-corrected chi connectivity index (χ3v) is 6.63. The number of aromatic amines is 1. The van der Waals surface area contributed by atoms with Gasteiger partial charge in [0.2, 0.25) is 11.9 Å². The minimum Gasteiger partial charge on any atom is -0.356 e. The molecule has 0 radical (unpaired) electrons. The lowest BCUT2D eigenvalue weighted by molar-refractivity contribution is -0.120. The van der Waals surface area contributed by atoms with Crippen molar-refractivity contribution in [3.05, 3.63) is 52.3 Å². The number of halogens is 1. The Labute approximate surface area is 214 Å². The van der Waals surface area contributed by atoms with Crippen LogP contribution in [0.5, 0.6) is 0 Å². The van der Waals surface area contributed by atoms with E-state index in [1.54, 1.807) is 6.20 Å². The zero-order valence-corrected chi connectivity index (χ0v) is 21.9. The maximum atomic E-state index is 12.3. The molecule has 4 N–H and O–H groups in total. The SMILES string of the molecule is CCN(CC)CCCNC(=O)Cc1ccc(Nc2ncc(Br)c(Nc3cc(C4CC4)[nH]n3)n2)cc1. The van der Waals surface area contributed by atoms with Crippen LogP contribution in [-0.4, -0.2) is 57.2 Å². The van der Waals surface area contributed by atoms with Crippen molar-refractivity contribution >= 4 is 45.1 Å². The van der Waals surface area contributed by atoms with Crippen molar-refractivity contribution in [3.8, 4) is 0 Å². The Hall–Kier alpha value is -2.98. The number of carbonyl (C=O) groups excluding carboxylic acids is 1. The second-order valence-corrected chi connectivity index (χ2v) is 9.58. The molecule has 9 nitrogen and oxygen atoms in total. The summed E-state index contributed by atoms with van der Waals surface area (Å²) in [6.07, 6.45) is 5.45. The fourth-order valence-corrected chi connectivity index (χ4v) is 4.08. The highest BCUT2D eigenvalue weighted by atomic mass is 79.9. The average molecular weight is 541 g/mol. The van der Waals surface area contributed by atoms with Gasteiger partial charge in [-0.25, -0.2) is 4.98 Å². The van der Waals surface area contributed by atoms with Gasteiger partial charge in [0.15, 0.2) is 11.6 Å². The summed E-state index contributed by atoms with van der Waals surface area (Å²) >= 11 is 3.50. The van der Waals surface area contributed by atoms with Crippen LogP contribution in [0.15, 0.2) is 41.0 Å². The number of benzene rings is 1. The lowest BCUT2D eigenvalue weighted by Gasteiger charge is -2.17. The zero-order valence-electron chi connectivity index (χ0n) is 20.3. The minimum absolute atomic E-state index is 0.0421. The third-order valence-electron chi connectivity index (χ3n) is 6.05. The van der Waals surface area contributed by atoms with Crippen molar-refractivity contribution in [3.63, 3.8) is 0 Å². The number of amides is 1. The molecule has 1 aliphatic carbocycles. The first kappa shape index (κ1) is 25.1. The normalized spacial score (nSPS) is 13.1. The minimum atomic E-state index is 0.0421. The van der Waals surface area contributed by atoms with Gasteiger partial charge in [0.05, 0.1) is 10.9 Å². The number of rotatable bonds is 13. The van der Waals surface area contributed by atoms with Crippen LogP contribution in [-0.2, 0) is 11.2 Å². The van der Waals surface area contributed by atoms with Gasteiger partial charge in [0.1, 0.15) is 0 Å². The lowest BCUT2D eigenvalue weighted by atomic mass is 10.1. The highest BCUT2D eigenvalue weighted by molar-refractivity contribution is 9.10. The van der Waals surface area contributed by atoms with E-state index in [1.807, 2.05) is 30.3 Å². The van der Waals surface area contributed by atoms with Crippen LogP contribution < -0.4 is 16.0 Å². The van der Waals surface area contributed by atoms with Crippen LogP contribution in [0.25, 0.3) is 0 Å². The monoisotopic (exact) mass is 540 g/mol. The maximum absolute atomic E-state index is 12.3. The van der Waals surface area contributed by atoms with E-state index in [9.17, 15) is 4.79 Å². The van der Waals surface area contributed by atoms with Gasteiger partial charge in [-0.1, -0.05) is 26.0 Å². The highest BCUT2D eigenvalue weighted by Gasteiger charge is 2.25. The molecule has 1 aromatic carbocycles. The number of hydrogen-bond donors (Lipinski definition) is 4. The number of H-pyrrole nitrogens is 1. The van der Waals surface area contributed by atoms with Crippen LogP contribution in [0, 0.1) is 0 Å². The van der Waals surface area contributed by atoms with Crippen LogP contribution in [0.1, 0.15) is 50.3 Å². The van der Waals surface area contributed by atoms with Gasteiger partial charge in [-0.2, -0.15) is 10.1 Å². The van der Waals surface area contributed by atoms with Gasteiger partial charge in [-0.15, -0.1) is 0 Å². The molecule has 0 bridgehead atoms. The third kappa shape index (κ3) is 7.50. The molecule has 2 heterocycles. The summed E-state index contributed by atoms with van der Waals surface area (Å²) in [6.45, 7) is 8.10. The fraction of sp³-hybridized carbons (Fsp3) is 0.440. The highest BCUT2D eigenvalue weighted by Crippen LogP contribution is 2.39. The van der Waals surface area contributed by atoms with Crippen LogP contribution in [0.2, 0.25) is 0 Å². The zero-order chi connectivity index (χ0) is 24.6. The van der Waals surface area contributed by atoms with E-state index in [2.05, 4.69) is 70.8 Å². The molecule has 1 aliphatic rings. The van der Waals surface area contributed by atoms with Crippen molar-refractivity contribution in [2.75, 3.05) is 36.8 Å². The summed E-state index contributed by atoms with van der Waals surface area (Å²) in [5.41, 5.74) is 2.96. The summed E-state index contributed by atoms with van der Waals surface area (Å²) in [4.78, 5) is 23.5. The number of nitrogens with one attached hydrogen (secondary N) is 4. The van der Waals surface area contributed by atoms with Crippen LogP contribution in [0.3, 0.4) is 0 Å². The van der Waals surface area contributed by atoms with Crippen molar-refractivity contribution in [1.82, 2.24) is 30.4 Å². The van der Waals surface area contributed by atoms with E-state index >= 15 is 0 Å². The molecule has 186 valence electrons. The number of nitrogens with zero attached hydrogens (tertiary/aromatic N) is 4. The van der Waals surface area contributed by atoms with Crippen molar-refractivity contribution < 1.29 is 4.79 Å². The Morgan fingerprint density at radius 1 is 1.17 bits per heavy atom. The molecule has 0 saturated heterocycles. The molecule has 0 aliphatic heterocycles. The molecule has 1 fully saturated rings. The largest absolute Gasteiger partial charge is 0.356 e. The molecular weight excluding hydrogens is 508 g/mol. The van der Waals surface area contributed by atoms with Gasteiger partial charge >= 0.3 is 0 Å². The number of hydrogen-bond acceptors (Lipinski definition) is 7. The summed E-state index contributed by atoms with van der Waals surface area (Å²) < 4.78 is 0.748. The Morgan fingerprint density at radius 2 is 1.94 bits per heavy atom. The van der Waals surface area contributed by atoms with E-state index < -0.39 is 0 Å². The van der Waals surface area contributed by atoms with Crippen LogP contribution in [0.4, 0.5) is 23.3 Å². The molecular formula is C25H33BrN8O. The first-order chi connectivity index (χ1) is 17.0. The first-order valence-electron chi connectivity index (χ1n) is 12.2. The van der Waals surface area contributed by atoms with Gasteiger partial charge in [-0.05, 0) is 72.5 Å². The van der Waals surface area contributed by atoms with E-state index in [-0.39, 0.29) is 5.91 Å². The second-order valence-electron chi connectivity index (χ2n) is 8.73. The Kier molecular flexibility index (Phi) is 8.70. The van der Waals surface area contributed by atoms with Crippen molar-refractivity contribution in [1.29, 1.82) is 0 Å². The second kappa shape index (κ2) is 12.1. The smallest absolute Gasteiger partial charge is 0.229 e. The van der Waals surface area contributed by atoms with Gasteiger partial charge in [0.25, 0.3) is 0 Å². The Bertz CT molecular complexity index is 1110. The molecule has 10 heteroatoms. The maximum Gasteiger partial charge on any atom is 0.229 e. The number of aromatic nitrogens is 4. The van der Waals surface area contributed by atoms with Crippen molar-refractivity contribution in [2.45, 2.75) is 45.4 Å². The van der Waals surface area contributed by atoms with Crippen molar-refractivity contribution in [2.24, 2.45) is 0 Å². The average Bonchev–Trinajstić information content (AvgIpc) is 3.61. The quantitative estimate of drug-likeness (QED) is 0.232. The first-order valence-corrected chi connectivity index (χ1v) is 13.0. The molecule has 0 spiro atoms. The number of carbonyl (C=O) groups is 1. The van der Waals surface area contributed by atoms with E-state index in [0.717, 1.165) is 53.3 Å². The lowest BCUT2D eigenvalue weighted by Crippen LogP contribution is -2.30. The van der Waals surface area contributed by atoms with Gasteiger partial charge in [-0.3, -0.25) is 9.89 Å². The molecule has 4 rings (SSSR count). The van der Waals surface area contributed by atoms with E-state index in [4.69, 9.17) is 0 Å². The predicted octanol–water partition coefficient (Wildman–Crippen LogP) is 4.72. The molecule has 3 aromatic rings. The standard InChI is InChI=1S/C25H33BrN8O/c1-3-34(4-2)13-5-12-27-23(35)14-17-6-10-19(11-7-17)29-25-28-16-20(26)24(31-25)30-22-15-21(32-33-22)18-8-9-18/h6-7,10-11,15-16,18H,3-5,8-9,12-14H2,1-2H3,(H,27,35)(H3,28,29,30,31,32,33). The van der Waals surface area contributed by atoms with Gasteiger partial charge < -0.3 is 20.9 Å². The molecule has 2 aromatic heterocycles. The molecule has 1 saturated carbocycles. The summed E-state index contributed by atoms with van der Waals surface area (Å²) in [7, 11) is 0. The molecule has 1 amide bonds.